The Morgan fingerprint density at radius 1 is 1.17 bits per heavy atom. The average molecular weight is 403 g/mol. The molecule has 2 aliphatic rings. The van der Waals surface area contributed by atoms with E-state index in [1.54, 1.807) is 6.07 Å². The van der Waals surface area contributed by atoms with E-state index in [-0.39, 0.29) is 11.2 Å². The molecule has 0 unspecified atom stereocenters. The van der Waals surface area contributed by atoms with Crippen molar-refractivity contribution in [1.82, 2.24) is 24.8 Å². The van der Waals surface area contributed by atoms with Gasteiger partial charge in [-0.2, -0.15) is 0 Å². The molecule has 7 heteroatoms. The number of fused-ring (bicyclic) bond motifs is 2. The van der Waals surface area contributed by atoms with Gasteiger partial charge in [0.1, 0.15) is 11.4 Å². The van der Waals surface area contributed by atoms with Gasteiger partial charge in [0.25, 0.3) is 5.56 Å². The summed E-state index contributed by atoms with van der Waals surface area (Å²) < 4.78 is 6.37. The minimum Gasteiger partial charge on any atom is -0.368 e. The van der Waals surface area contributed by atoms with Gasteiger partial charge in [-0.1, -0.05) is 30.3 Å². The van der Waals surface area contributed by atoms with Gasteiger partial charge < -0.3 is 9.72 Å². The number of piperidine rings is 1. The van der Waals surface area contributed by atoms with Crippen LogP contribution in [0.3, 0.4) is 0 Å². The number of nitrogens with one attached hydrogen (secondary N) is 1. The summed E-state index contributed by atoms with van der Waals surface area (Å²) in [6, 6.07) is 11.7. The predicted molar refractivity (Wildman–Crippen MR) is 113 cm³/mol. The van der Waals surface area contributed by atoms with E-state index in [1.807, 2.05) is 43.5 Å². The minimum absolute atomic E-state index is 0.0966. The van der Waals surface area contributed by atoms with Gasteiger partial charge in [0, 0.05) is 37.5 Å². The van der Waals surface area contributed by atoms with E-state index in [2.05, 4.69) is 19.9 Å². The van der Waals surface area contributed by atoms with Gasteiger partial charge in [0.15, 0.2) is 5.82 Å². The van der Waals surface area contributed by atoms with Crippen molar-refractivity contribution in [2.45, 2.75) is 38.3 Å². The number of hydrogen-bond acceptors (Lipinski definition) is 6. The Morgan fingerprint density at radius 3 is 2.73 bits per heavy atom. The average Bonchev–Trinajstić information content (AvgIpc) is 2.75. The first kappa shape index (κ1) is 19.1. The number of H-pyrrole nitrogens is 1. The molecule has 154 valence electrons. The third kappa shape index (κ3) is 3.66. The zero-order valence-corrected chi connectivity index (χ0v) is 17.1. The van der Waals surface area contributed by atoms with Crippen molar-refractivity contribution in [3.05, 3.63) is 75.7 Å². The second-order valence-electron chi connectivity index (χ2n) is 8.12. The number of ether oxygens (including phenoxy) is 1. The van der Waals surface area contributed by atoms with E-state index in [0.717, 1.165) is 55.1 Å². The largest absolute Gasteiger partial charge is 0.368 e. The Bertz CT molecular complexity index is 1100. The standard InChI is InChI=1S/C23H25N5O2/c1-16-25-19(13-20(29)26-16)15-28-10-8-23(9-11-28)21-18(7-12-30-23)14-24-22(27-21)17-5-3-2-4-6-17/h2-6,13-14H,7-12,15H2,1H3,(H,25,26,29). The highest BCUT2D eigenvalue weighted by Crippen LogP contribution is 2.41. The number of nitrogens with zero attached hydrogens (tertiary/aromatic N) is 4. The molecule has 2 aromatic heterocycles. The summed E-state index contributed by atoms with van der Waals surface area (Å²) in [5.41, 5.74) is 3.63. The van der Waals surface area contributed by atoms with Crippen LogP contribution < -0.4 is 5.56 Å². The van der Waals surface area contributed by atoms with Crippen LogP contribution in [-0.2, 0) is 23.3 Å². The summed E-state index contributed by atoms with van der Waals surface area (Å²) in [4.78, 5) is 30.8. The lowest BCUT2D eigenvalue weighted by Crippen LogP contribution is -2.47. The summed E-state index contributed by atoms with van der Waals surface area (Å²) in [6.45, 7) is 4.94. The van der Waals surface area contributed by atoms with Gasteiger partial charge in [0.2, 0.25) is 0 Å². The van der Waals surface area contributed by atoms with Crippen LogP contribution in [0.4, 0.5) is 0 Å². The van der Waals surface area contributed by atoms with Crippen LogP contribution in [-0.4, -0.2) is 44.5 Å². The molecule has 0 amide bonds. The molecule has 0 aliphatic carbocycles. The van der Waals surface area contributed by atoms with Crippen LogP contribution in [0.2, 0.25) is 0 Å². The molecule has 0 saturated carbocycles. The van der Waals surface area contributed by atoms with Gasteiger partial charge in [-0.05, 0) is 31.7 Å². The zero-order valence-electron chi connectivity index (χ0n) is 17.1. The third-order valence-corrected chi connectivity index (χ3v) is 6.04. The topological polar surface area (TPSA) is 84.0 Å². The molecular weight excluding hydrogens is 378 g/mol. The Labute approximate surface area is 175 Å². The summed E-state index contributed by atoms with van der Waals surface area (Å²) in [7, 11) is 0. The van der Waals surface area contributed by atoms with Crippen molar-refractivity contribution < 1.29 is 4.74 Å². The molecule has 5 rings (SSSR count). The maximum absolute atomic E-state index is 11.7. The number of rotatable bonds is 3. The number of likely N-dealkylation sites (tertiary alicyclic amines) is 1. The quantitative estimate of drug-likeness (QED) is 0.724. The molecule has 1 saturated heterocycles. The molecule has 1 fully saturated rings. The van der Waals surface area contributed by atoms with E-state index in [0.29, 0.717) is 19.0 Å². The Morgan fingerprint density at radius 2 is 1.97 bits per heavy atom. The highest BCUT2D eigenvalue weighted by Gasteiger charge is 2.42. The van der Waals surface area contributed by atoms with Crippen LogP contribution in [0.25, 0.3) is 11.4 Å². The highest BCUT2D eigenvalue weighted by atomic mass is 16.5. The number of aromatic nitrogens is 4. The fourth-order valence-corrected chi connectivity index (χ4v) is 4.54. The molecular formula is C23H25N5O2. The van der Waals surface area contributed by atoms with Crippen LogP contribution in [0.5, 0.6) is 0 Å². The molecule has 30 heavy (non-hydrogen) atoms. The third-order valence-electron chi connectivity index (χ3n) is 6.04. The smallest absolute Gasteiger partial charge is 0.251 e. The van der Waals surface area contributed by atoms with Crippen molar-refractivity contribution in [2.75, 3.05) is 19.7 Å². The van der Waals surface area contributed by atoms with Crippen molar-refractivity contribution in [1.29, 1.82) is 0 Å². The SMILES string of the molecule is Cc1nc(CN2CCC3(CC2)OCCc2cnc(-c4ccccc4)nc23)cc(=O)[nH]1. The molecule has 1 spiro atoms. The molecule has 1 aromatic carbocycles. The second kappa shape index (κ2) is 7.74. The van der Waals surface area contributed by atoms with Gasteiger partial charge >= 0.3 is 0 Å². The molecule has 0 radical (unpaired) electrons. The van der Waals surface area contributed by atoms with Crippen LogP contribution in [0.1, 0.15) is 35.6 Å². The number of benzene rings is 1. The first-order chi connectivity index (χ1) is 14.6. The summed E-state index contributed by atoms with van der Waals surface area (Å²) in [6.07, 6.45) is 4.57. The normalized spacial score (nSPS) is 18.3. The maximum atomic E-state index is 11.7. The molecule has 2 aliphatic heterocycles. The summed E-state index contributed by atoms with van der Waals surface area (Å²) in [5, 5.41) is 0. The van der Waals surface area contributed by atoms with E-state index < -0.39 is 0 Å². The van der Waals surface area contributed by atoms with Crippen LogP contribution in [0, 0.1) is 6.92 Å². The van der Waals surface area contributed by atoms with Gasteiger partial charge in [-0.25, -0.2) is 15.0 Å². The van der Waals surface area contributed by atoms with Gasteiger partial charge in [0.05, 0.1) is 18.0 Å². The van der Waals surface area contributed by atoms with Crippen LogP contribution in [0.15, 0.2) is 47.4 Å². The number of hydrogen-bond donors (Lipinski definition) is 1. The molecule has 1 N–H and O–H groups in total. The van der Waals surface area contributed by atoms with E-state index in [9.17, 15) is 4.79 Å². The van der Waals surface area contributed by atoms with Crippen molar-refractivity contribution in [3.63, 3.8) is 0 Å². The predicted octanol–water partition coefficient (Wildman–Crippen LogP) is 2.60. The number of aryl methyl sites for hydroxylation is 1. The first-order valence-corrected chi connectivity index (χ1v) is 10.5. The maximum Gasteiger partial charge on any atom is 0.251 e. The Hall–Kier alpha value is -2.90. The monoisotopic (exact) mass is 403 g/mol. The fourth-order valence-electron chi connectivity index (χ4n) is 4.54. The molecule has 7 nitrogen and oxygen atoms in total. The molecule has 0 bridgehead atoms. The van der Waals surface area contributed by atoms with Crippen molar-refractivity contribution >= 4 is 0 Å². The van der Waals surface area contributed by atoms with Gasteiger partial charge in [-0.15, -0.1) is 0 Å². The molecule has 0 atom stereocenters. The Kier molecular flexibility index (Phi) is 4.92. The van der Waals surface area contributed by atoms with Gasteiger partial charge in [-0.3, -0.25) is 9.69 Å². The summed E-state index contributed by atoms with van der Waals surface area (Å²) >= 11 is 0. The fraction of sp³-hybridized carbons (Fsp3) is 0.391. The van der Waals surface area contributed by atoms with Crippen molar-refractivity contribution in [2.24, 2.45) is 0 Å². The lowest BCUT2D eigenvalue weighted by molar-refractivity contribution is -0.102. The van der Waals surface area contributed by atoms with E-state index in [4.69, 9.17) is 9.72 Å². The lowest BCUT2D eigenvalue weighted by Gasteiger charge is -2.44. The minimum atomic E-state index is -0.353. The first-order valence-electron chi connectivity index (χ1n) is 10.5. The van der Waals surface area contributed by atoms with Crippen LogP contribution >= 0.6 is 0 Å². The van der Waals surface area contributed by atoms with E-state index >= 15 is 0 Å². The Balaban J connectivity index is 1.37. The number of aromatic amines is 1. The summed E-state index contributed by atoms with van der Waals surface area (Å²) in [5.74, 6) is 1.41. The van der Waals surface area contributed by atoms with Crippen molar-refractivity contribution in [3.8, 4) is 11.4 Å². The van der Waals surface area contributed by atoms with E-state index in [1.165, 1.54) is 5.56 Å². The highest BCUT2D eigenvalue weighted by molar-refractivity contribution is 5.55. The molecule has 3 aromatic rings. The lowest BCUT2D eigenvalue weighted by atomic mass is 9.83. The zero-order chi connectivity index (χ0) is 20.6. The second-order valence-corrected chi connectivity index (χ2v) is 8.12. The molecule has 4 heterocycles.